The molecule has 0 spiro atoms. The molecule has 3 N–H and O–H groups in total. The van der Waals surface area contributed by atoms with Gasteiger partial charge in [-0.25, -0.2) is 14.5 Å². The van der Waals surface area contributed by atoms with Gasteiger partial charge in [0.2, 0.25) is 11.8 Å². The highest BCUT2D eigenvalue weighted by atomic mass is 16.5. The summed E-state index contributed by atoms with van der Waals surface area (Å²) in [7, 11) is 1.54. The smallest absolute Gasteiger partial charge is 0.276 e. The average Bonchev–Trinajstić information content (AvgIpc) is 3.92. The second-order valence-electron chi connectivity index (χ2n) is 16.3. The van der Waals surface area contributed by atoms with E-state index >= 15 is 0 Å². The maximum absolute atomic E-state index is 13.5. The van der Waals surface area contributed by atoms with Crippen molar-refractivity contribution in [2.24, 2.45) is 5.92 Å². The van der Waals surface area contributed by atoms with E-state index in [2.05, 4.69) is 57.4 Å². The number of likely N-dealkylation sites (tertiary alicyclic amines) is 1. The van der Waals surface area contributed by atoms with Gasteiger partial charge < -0.3 is 34.5 Å². The van der Waals surface area contributed by atoms with Crippen LogP contribution in [0.3, 0.4) is 0 Å². The highest BCUT2D eigenvalue weighted by Gasteiger charge is 2.31. The standard InChI is InChI=1S/C43H51N11O5/c1-59-37-23-30(5-6-31(37)41(56)46-32-8-10-40(55)48-42(32)57)51-20-11-28(12-21-51)25-50-18-13-29(14-19-50)34-26-53-27-35(36(24-39(53)45-34)52-16-3-2-4-17-52)47-43(58)33-7-9-38-44-15-22-54(38)49-33/h5-7,9,15,22-24,26-29,32H,2-4,8,10-14,16-21,25H2,1H3,(H,46,56)(H,47,58)(H,48,55,57). The lowest BCUT2D eigenvalue weighted by molar-refractivity contribution is -0.134. The Kier molecular flexibility index (Phi) is 10.9. The number of carbonyl (C=O) groups excluding carboxylic acids is 4. The summed E-state index contributed by atoms with van der Waals surface area (Å²) in [6.07, 6.45) is 15.8. The van der Waals surface area contributed by atoms with E-state index in [0.29, 0.717) is 34.5 Å². The largest absolute Gasteiger partial charge is 0.496 e. The van der Waals surface area contributed by atoms with Crippen molar-refractivity contribution in [1.29, 1.82) is 0 Å². The van der Waals surface area contributed by atoms with Gasteiger partial charge in [-0.05, 0) is 94.6 Å². The summed E-state index contributed by atoms with van der Waals surface area (Å²) >= 11 is 0. The minimum Gasteiger partial charge on any atom is -0.496 e. The van der Waals surface area contributed by atoms with E-state index in [4.69, 9.17) is 9.72 Å². The van der Waals surface area contributed by atoms with Crippen LogP contribution in [0.5, 0.6) is 5.75 Å². The Balaban J connectivity index is 0.796. The van der Waals surface area contributed by atoms with Gasteiger partial charge in [-0.15, -0.1) is 0 Å². The maximum Gasteiger partial charge on any atom is 0.276 e. The molecule has 0 radical (unpaired) electrons. The van der Waals surface area contributed by atoms with Crippen LogP contribution >= 0.6 is 0 Å². The molecule has 0 bridgehead atoms. The van der Waals surface area contributed by atoms with E-state index in [9.17, 15) is 19.2 Å². The summed E-state index contributed by atoms with van der Waals surface area (Å²) in [5, 5.41) is 12.7. The summed E-state index contributed by atoms with van der Waals surface area (Å²) in [4.78, 5) is 66.9. The zero-order chi connectivity index (χ0) is 40.5. The molecule has 4 fully saturated rings. The number of piperidine rings is 4. The van der Waals surface area contributed by atoms with Gasteiger partial charge in [-0.1, -0.05) is 0 Å². The molecule has 4 aliphatic heterocycles. The van der Waals surface area contributed by atoms with Gasteiger partial charge in [-0.2, -0.15) is 5.10 Å². The number of nitrogens with one attached hydrogen (secondary N) is 3. The molecule has 308 valence electrons. The van der Waals surface area contributed by atoms with Crippen molar-refractivity contribution in [3.63, 3.8) is 0 Å². The Morgan fingerprint density at radius 3 is 2.46 bits per heavy atom. The Labute approximate surface area is 342 Å². The number of benzene rings is 1. The zero-order valence-corrected chi connectivity index (χ0v) is 33.4. The van der Waals surface area contributed by atoms with Crippen LogP contribution in [0.15, 0.2) is 61.2 Å². The molecule has 16 heteroatoms. The number of anilines is 3. The van der Waals surface area contributed by atoms with E-state index in [1.165, 1.54) is 6.42 Å². The number of nitrogens with zero attached hydrogens (tertiary/aromatic N) is 8. The van der Waals surface area contributed by atoms with Crippen LogP contribution in [0.4, 0.5) is 17.1 Å². The Hall–Kier alpha value is -6.03. The van der Waals surface area contributed by atoms with Gasteiger partial charge in [0.15, 0.2) is 5.65 Å². The number of carbonyl (C=O) groups is 4. The lowest BCUT2D eigenvalue weighted by Gasteiger charge is -2.38. The van der Waals surface area contributed by atoms with Crippen molar-refractivity contribution in [2.45, 2.75) is 69.7 Å². The number of methoxy groups -OCH3 is 1. The maximum atomic E-state index is 13.5. The molecule has 0 saturated carbocycles. The lowest BCUT2D eigenvalue weighted by Crippen LogP contribution is -2.52. The van der Waals surface area contributed by atoms with Crippen molar-refractivity contribution in [1.82, 2.24) is 39.5 Å². The van der Waals surface area contributed by atoms with E-state index in [1.807, 2.05) is 18.3 Å². The number of aromatic nitrogens is 5. The Bertz CT molecular complexity index is 2370. The van der Waals surface area contributed by atoms with Crippen molar-refractivity contribution >= 4 is 52.0 Å². The fourth-order valence-electron chi connectivity index (χ4n) is 9.14. The topological polar surface area (TPSA) is 171 Å². The molecule has 1 unspecified atom stereocenters. The lowest BCUT2D eigenvalue weighted by atomic mass is 9.91. The number of hydrogen-bond donors (Lipinski definition) is 3. The van der Waals surface area contributed by atoms with Crippen molar-refractivity contribution in [3.05, 3.63) is 78.1 Å². The number of hydrogen-bond acceptors (Lipinski definition) is 11. The highest BCUT2D eigenvalue weighted by molar-refractivity contribution is 6.05. The van der Waals surface area contributed by atoms with Crippen molar-refractivity contribution in [2.75, 3.05) is 68.0 Å². The van der Waals surface area contributed by atoms with Gasteiger partial charge in [0.1, 0.15) is 23.1 Å². The third kappa shape index (κ3) is 8.31. The number of pyridine rings is 1. The normalized spacial score (nSPS) is 19.9. The zero-order valence-electron chi connectivity index (χ0n) is 33.4. The predicted molar refractivity (Wildman–Crippen MR) is 222 cm³/mol. The summed E-state index contributed by atoms with van der Waals surface area (Å²) in [5.41, 5.74) is 6.14. The summed E-state index contributed by atoms with van der Waals surface area (Å²) in [6.45, 7) is 6.89. The van der Waals surface area contributed by atoms with Gasteiger partial charge in [0, 0.05) is 87.7 Å². The average molecular weight is 802 g/mol. The first-order chi connectivity index (χ1) is 28.8. The molecule has 4 amide bonds. The molecule has 1 aromatic carbocycles. The molecular formula is C43H51N11O5. The summed E-state index contributed by atoms with van der Waals surface area (Å²) in [6, 6.07) is 10.5. The third-order valence-electron chi connectivity index (χ3n) is 12.5. The third-order valence-corrected chi connectivity index (χ3v) is 12.5. The summed E-state index contributed by atoms with van der Waals surface area (Å²) in [5.74, 6) is -0.0296. The number of imide groups is 1. The number of ether oxygens (including phenoxy) is 1. The molecule has 4 saturated heterocycles. The van der Waals surface area contributed by atoms with Crippen LogP contribution in [0.25, 0.3) is 11.3 Å². The van der Waals surface area contributed by atoms with Gasteiger partial charge in [-0.3, -0.25) is 24.5 Å². The molecule has 5 aromatic rings. The first-order valence-electron chi connectivity index (χ1n) is 21.0. The molecule has 1 atom stereocenters. The quantitative estimate of drug-likeness (QED) is 0.173. The van der Waals surface area contributed by atoms with Crippen LogP contribution in [-0.4, -0.2) is 111 Å². The van der Waals surface area contributed by atoms with Gasteiger partial charge in [0.05, 0.1) is 29.7 Å². The minimum atomic E-state index is -0.747. The first kappa shape index (κ1) is 38.5. The van der Waals surface area contributed by atoms with Crippen LogP contribution in [-0.2, 0) is 9.59 Å². The molecule has 9 rings (SSSR count). The Morgan fingerprint density at radius 2 is 1.68 bits per heavy atom. The molecule has 4 aromatic heterocycles. The second kappa shape index (κ2) is 16.7. The minimum absolute atomic E-state index is 0.195. The van der Waals surface area contributed by atoms with Crippen LogP contribution < -0.4 is 30.5 Å². The summed E-state index contributed by atoms with van der Waals surface area (Å²) < 4.78 is 9.28. The van der Waals surface area contributed by atoms with Crippen molar-refractivity contribution < 1.29 is 23.9 Å². The fraction of sp³-hybridized carbons (Fsp3) is 0.465. The highest BCUT2D eigenvalue weighted by Crippen LogP contribution is 2.35. The molecule has 59 heavy (non-hydrogen) atoms. The van der Waals surface area contributed by atoms with Gasteiger partial charge >= 0.3 is 0 Å². The number of amides is 4. The molecule has 16 nitrogen and oxygen atoms in total. The molecule has 8 heterocycles. The Morgan fingerprint density at radius 1 is 0.864 bits per heavy atom. The monoisotopic (exact) mass is 801 g/mol. The SMILES string of the molecule is COc1cc(N2CCC(CN3CCC(c4cn5cc(NC(=O)c6ccc7nccn7n6)c(N6CCCCC6)cc5n4)CC3)CC2)ccc1C(=O)NC1CCC(=O)NC1=O. The number of rotatable bonds is 10. The van der Waals surface area contributed by atoms with Crippen molar-refractivity contribution in [3.8, 4) is 5.75 Å². The van der Waals surface area contributed by atoms with Crippen LogP contribution in [0.1, 0.15) is 90.2 Å². The molecule has 0 aliphatic carbocycles. The van der Waals surface area contributed by atoms with Crippen LogP contribution in [0.2, 0.25) is 0 Å². The first-order valence-corrected chi connectivity index (χ1v) is 21.0. The number of imidazole rings is 2. The van der Waals surface area contributed by atoms with E-state index in [-0.39, 0.29) is 24.7 Å². The number of fused-ring (bicyclic) bond motifs is 2. The predicted octanol–water partition coefficient (Wildman–Crippen LogP) is 4.26. The molecule has 4 aliphatic rings. The second-order valence-corrected chi connectivity index (χ2v) is 16.3. The van der Waals surface area contributed by atoms with Crippen LogP contribution in [0, 0.1) is 5.92 Å². The van der Waals surface area contributed by atoms with E-state index < -0.39 is 17.9 Å². The van der Waals surface area contributed by atoms with E-state index in [1.54, 1.807) is 42.2 Å². The fourth-order valence-corrected chi connectivity index (χ4v) is 9.14. The van der Waals surface area contributed by atoms with Gasteiger partial charge in [0.25, 0.3) is 11.8 Å². The van der Waals surface area contributed by atoms with E-state index in [0.717, 1.165) is 113 Å². The molecular weight excluding hydrogens is 751 g/mol.